The number of sulfone groups is 1. The lowest BCUT2D eigenvalue weighted by atomic mass is 10.3. The van der Waals surface area contributed by atoms with Crippen molar-refractivity contribution in [3.63, 3.8) is 0 Å². The van der Waals surface area contributed by atoms with Gasteiger partial charge in [-0.3, -0.25) is 4.79 Å². The normalized spacial score (nSPS) is 16.1. The fourth-order valence-corrected chi connectivity index (χ4v) is 2.00. The number of nitrogens with one attached hydrogen (secondary N) is 2. The number of amides is 1. The second-order valence-corrected chi connectivity index (χ2v) is 6.57. The maximum Gasteiger partial charge on any atom is 0.221 e. The number of hydrogen-bond acceptors (Lipinski definition) is 4. The second-order valence-electron chi connectivity index (χ2n) is 4.31. The molecule has 0 unspecified atom stereocenters. The van der Waals surface area contributed by atoms with Crippen LogP contribution < -0.4 is 10.6 Å². The third-order valence-electron chi connectivity index (χ3n) is 2.38. The van der Waals surface area contributed by atoms with E-state index < -0.39 is 9.84 Å². The molecule has 0 bridgehead atoms. The predicted octanol–water partition coefficient (Wildman–Crippen LogP) is -0.321. The maximum atomic E-state index is 11.3. The van der Waals surface area contributed by atoms with Gasteiger partial charge in [0, 0.05) is 31.8 Å². The molecule has 16 heavy (non-hydrogen) atoms. The zero-order valence-corrected chi connectivity index (χ0v) is 10.5. The van der Waals surface area contributed by atoms with Crippen LogP contribution in [0.1, 0.15) is 25.7 Å². The topological polar surface area (TPSA) is 75.3 Å². The van der Waals surface area contributed by atoms with Gasteiger partial charge in [0.1, 0.15) is 9.84 Å². The van der Waals surface area contributed by atoms with Gasteiger partial charge < -0.3 is 10.6 Å². The number of hydrogen-bond donors (Lipinski definition) is 2. The summed E-state index contributed by atoms with van der Waals surface area (Å²) < 4.78 is 21.6. The molecule has 1 aliphatic rings. The van der Waals surface area contributed by atoms with Gasteiger partial charge in [-0.05, 0) is 19.3 Å². The highest BCUT2D eigenvalue weighted by atomic mass is 32.2. The summed E-state index contributed by atoms with van der Waals surface area (Å²) in [7, 11) is -2.91. The molecule has 1 saturated carbocycles. The fraction of sp³-hybridized carbons (Fsp3) is 0.900. The number of rotatable bonds is 8. The lowest BCUT2D eigenvalue weighted by Crippen LogP contribution is -2.29. The van der Waals surface area contributed by atoms with Crippen molar-refractivity contribution in [2.75, 3.05) is 25.1 Å². The van der Waals surface area contributed by atoms with Gasteiger partial charge in [-0.25, -0.2) is 8.42 Å². The zero-order chi connectivity index (χ0) is 12.0. The van der Waals surface area contributed by atoms with Crippen molar-refractivity contribution in [1.82, 2.24) is 10.6 Å². The standard InChI is InChI=1S/C10H20N2O3S/c1-16(14,15)8-2-6-12-10(13)5-7-11-9-3-4-9/h9,11H,2-8H2,1H3,(H,12,13). The molecule has 0 aromatic rings. The third-order valence-corrected chi connectivity index (χ3v) is 3.41. The first kappa shape index (κ1) is 13.4. The molecule has 1 fully saturated rings. The Bertz CT molecular complexity index is 323. The van der Waals surface area contributed by atoms with Gasteiger partial charge in [0.25, 0.3) is 0 Å². The van der Waals surface area contributed by atoms with Gasteiger partial charge in [0.15, 0.2) is 0 Å². The summed E-state index contributed by atoms with van der Waals surface area (Å²) in [5, 5.41) is 5.95. The summed E-state index contributed by atoms with van der Waals surface area (Å²) in [6.07, 6.45) is 4.59. The Kier molecular flexibility index (Phi) is 5.21. The molecule has 0 aromatic heterocycles. The SMILES string of the molecule is CS(=O)(=O)CCCNC(=O)CCNC1CC1. The highest BCUT2D eigenvalue weighted by Gasteiger charge is 2.19. The van der Waals surface area contributed by atoms with Crippen molar-refractivity contribution in [2.45, 2.75) is 31.7 Å². The lowest BCUT2D eigenvalue weighted by Gasteiger charge is -2.05. The Morgan fingerprint density at radius 2 is 2.00 bits per heavy atom. The fourth-order valence-electron chi connectivity index (χ4n) is 1.33. The molecule has 0 saturated heterocycles. The minimum Gasteiger partial charge on any atom is -0.356 e. The van der Waals surface area contributed by atoms with Crippen molar-refractivity contribution in [2.24, 2.45) is 0 Å². The van der Waals surface area contributed by atoms with Crippen molar-refractivity contribution in [3.05, 3.63) is 0 Å². The van der Waals surface area contributed by atoms with Crippen LogP contribution in [0, 0.1) is 0 Å². The molecule has 1 aliphatic carbocycles. The summed E-state index contributed by atoms with van der Waals surface area (Å²) in [5.41, 5.74) is 0. The van der Waals surface area contributed by atoms with Crippen LogP contribution in [0.5, 0.6) is 0 Å². The van der Waals surface area contributed by atoms with Gasteiger partial charge in [0.05, 0.1) is 5.75 Å². The van der Waals surface area contributed by atoms with Crippen LogP contribution in [0.25, 0.3) is 0 Å². The molecule has 0 aromatic carbocycles. The van der Waals surface area contributed by atoms with Crippen LogP contribution in [0.15, 0.2) is 0 Å². The Morgan fingerprint density at radius 1 is 1.31 bits per heavy atom. The van der Waals surface area contributed by atoms with E-state index in [0.717, 1.165) is 0 Å². The van der Waals surface area contributed by atoms with Crippen molar-refractivity contribution >= 4 is 15.7 Å². The molecule has 0 spiro atoms. The smallest absolute Gasteiger partial charge is 0.221 e. The van der Waals surface area contributed by atoms with Gasteiger partial charge in [-0.1, -0.05) is 0 Å². The van der Waals surface area contributed by atoms with E-state index >= 15 is 0 Å². The molecular weight excluding hydrogens is 228 g/mol. The first-order valence-electron chi connectivity index (χ1n) is 5.65. The van der Waals surface area contributed by atoms with Crippen molar-refractivity contribution in [1.29, 1.82) is 0 Å². The zero-order valence-electron chi connectivity index (χ0n) is 9.66. The van der Waals surface area contributed by atoms with E-state index in [1.807, 2.05) is 0 Å². The molecular formula is C10H20N2O3S. The summed E-state index contributed by atoms with van der Waals surface area (Å²) in [6.45, 7) is 1.15. The quantitative estimate of drug-likeness (QED) is 0.577. The van der Waals surface area contributed by atoms with E-state index in [0.29, 0.717) is 32.0 Å². The molecule has 5 nitrogen and oxygen atoms in total. The highest BCUT2D eigenvalue weighted by molar-refractivity contribution is 7.90. The Morgan fingerprint density at radius 3 is 2.56 bits per heavy atom. The molecule has 2 N–H and O–H groups in total. The molecule has 94 valence electrons. The van der Waals surface area contributed by atoms with Crippen LogP contribution in [-0.4, -0.2) is 45.5 Å². The molecule has 6 heteroatoms. The summed E-state index contributed by atoms with van der Waals surface area (Å²) in [6, 6.07) is 0.623. The first-order chi connectivity index (χ1) is 7.47. The summed E-state index contributed by atoms with van der Waals surface area (Å²) >= 11 is 0. The van der Waals surface area contributed by atoms with E-state index in [9.17, 15) is 13.2 Å². The van der Waals surface area contributed by atoms with Crippen molar-refractivity contribution in [3.8, 4) is 0 Å². The average molecular weight is 248 g/mol. The van der Waals surface area contributed by atoms with E-state index in [4.69, 9.17) is 0 Å². The molecule has 0 heterocycles. The highest BCUT2D eigenvalue weighted by Crippen LogP contribution is 2.18. The minimum absolute atomic E-state index is 0.0124. The maximum absolute atomic E-state index is 11.3. The van der Waals surface area contributed by atoms with Gasteiger partial charge in [-0.2, -0.15) is 0 Å². The van der Waals surface area contributed by atoms with Gasteiger partial charge in [0.2, 0.25) is 5.91 Å². The second kappa shape index (κ2) is 6.20. The molecule has 0 atom stereocenters. The van der Waals surface area contributed by atoms with Crippen LogP contribution in [0.4, 0.5) is 0 Å². The van der Waals surface area contributed by atoms with Gasteiger partial charge >= 0.3 is 0 Å². The van der Waals surface area contributed by atoms with E-state index in [1.165, 1.54) is 19.1 Å². The largest absolute Gasteiger partial charge is 0.356 e. The average Bonchev–Trinajstić information content (AvgIpc) is 2.95. The van der Waals surface area contributed by atoms with Crippen LogP contribution in [0.2, 0.25) is 0 Å². The molecule has 0 aliphatic heterocycles. The van der Waals surface area contributed by atoms with Crippen LogP contribution >= 0.6 is 0 Å². The molecule has 1 amide bonds. The third kappa shape index (κ3) is 7.64. The Hall–Kier alpha value is -0.620. The van der Waals surface area contributed by atoms with E-state index in [-0.39, 0.29) is 11.7 Å². The first-order valence-corrected chi connectivity index (χ1v) is 7.71. The van der Waals surface area contributed by atoms with Crippen LogP contribution in [0.3, 0.4) is 0 Å². The lowest BCUT2D eigenvalue weighted by molar-refractivity contribution is -0.120. The van der Waals surface area contributed by atoms with Crippen LogP contribution in [-0.2, 0) is 14.6 Å². The number of carbonyl (C=O) groups excluding carboxylic acids is 1. The molecule has 0 radical (unpaired) electrons. The van der Waals surface area contributed by atoms with Gasteiger partial charge in [-0.15, -0.1) is 0 Å². The Labute approximate surface area is 96.9 Å². The minimum atomic E-state index is -2.91. The summed E-state index contributed by atoms with van der Waals surface area (Å²) in [5.74, 6) is 0.120. The monoisotopic (exact) mass is 248 g/mol. The number of carbonyl (C=O) groups is 1. The predicted molar refractivity (Wildman–Crippen MR) is 63.0 cm³/mol. The summed E-state index contributed by atoms with van der Waals surface area (Å²) in [4.78, 5) is 11.3. The molecule has 1 rings (SSSR count). The van der Waals surface area contributed by atoms with E-state index in [2.05, 4.69) is 10.6 Å². The van der Waals surface area contributed by atoms with E-state index in [1.54, 1.807) is 0 Å². The Balaban J connectivity index is 1.92. The van der Waals surface area contributed by atoms with Crippen molar-refractivity contribution < 1.29 is 13.2 Å².